The topological polar surface area (TPSA) is 38.3 Å². The van der Waals surface area contributed by atoms with Gasteiger partial charge in [-0.25, -0.2) is 4.79 Å². The van der Waals surface area contributed by atoms with Crippen molar-refractivity contribution >= 4 is 27.6 Å². The van der Waals surface area contributed by atoms with Crippen LogP contribution in [0.2, 0.25) is 0 Å². The summed E-state index contributed by atoms with van der Waals surface area (Å²) < 4.78 is 5.72. The molecule has 0 aliphatic carbocycles. The van der Waals surface area contributed by atoms with Crippen LogP contribution < -0.4 is 5.32 Å². The lowest BCUT2D eigenvalue weighted by atomic mass is 10.1. The van der Waals surface area contributed by atoms with E-state index in [0.29, 0.717) is 0 Å². The van der Waals surface area contributed by atoms with E-state index in [1.165, 1.54) is 7.11 Å². The Morgan fingerprint density at radius 2 is 1.88 bits per heavy atom. The quantitative estimate of drug-likeness (QED) is 0.868. The van der Waals surface area contributed by atoms with Crippen LogP contribution in [-0.4, -0.2) is 19.1 Å². The molecule has 0 saturated heterocycles. The fourth-order valence-electron chi connectivity index (χ4n) is 1.59. The minimum atomic E-state index is -0.344. The zero-order chi connectivity index (χ0) is 12.3. The molecule has 1 atom stereocenters. The van der Waals surface area contributed by atoms with Crippen LogP contribution in [0.5, 0.6) is 0 Å². The molecule has 1 N–H and O–H groups in total. The number of methoxy groups -OCH3 is 1. The summed E-state index contributed by atoms with van der Waals surface area (Å²) in [6.45, 7) is 5.79. The number of hydrogen-bond donors (Lipinski definition) is 1. The molecule has 0 saturated carbocycles. The fourth-order valence-corrected chi connectivity index (χ4v) is 2.28. The Bertz CT molecular complexity index is 381. The zero-order valence-corrected chi connectivity index (χ0v) is 11.5. The number of rotatable bonds is 3. The van der Waals surface area contributed by atoms with Gasteiger partial charge in [-0.15, -0.1) is 0 Å². The maximum Gasteiger partial charge on any atom is 0.327 e. The molecule has 0 heterocycles. The van der Waals surface area contributed by atoms with Gasteiger partial charge in [-0.05, 0) is 44.0 Å². The summed E-state index contributed by atoms with van der Waals surface area (Å²) in [5, 5.41) is 3.16. The molecule has 3 nitrogen and oxygen atoms in total. The van der Waals surface area contributed by atoms with Crippen molar-refractivity contribution in [1.29, 1.82) is 0 Å². The van der Waals surface area contributed by atoms with Gasteiger partial charge in [0.05, 0.1) is 7.11 Å². The van der Waals surface area contributed by atoms with E-state index in [1.54, 1.807) is 6.92 Å². The second kappa shape index (κ2) is 5.34. The van der Waals surface area contributed by atoms with E-state index in [9.17, 15) is 4.79 Å². The molecule has 1 unspecified atom stereocenters. The van der Waals surface area contributed by atoms with Gasteiger partial charge in [-0.1, -0.05) is 15.9 Å². The van der Waals surface area contributed by atoms with E-state index in [4.69, 9.17) is 0 Å². The van der Waals surface area contributed by atoms with Crippen LogP contribution in [0.4, 0.5) is 5.69 Å². The zero-order valence-electron chi connectivity index (χ0n) is 9.93. The number of nitrogens with one attached hydrogen (secondary N) is 1. The smallest absolute Gasteiger partial charge is 0.327 e. The Balaban J connectivity index is 2.93. The minimum Gasteiger partial charge on any atom is -0.467 e. The number of halogens is 1. The standard InChI is InChI=1S/C12H16BrNO2/c1-7-5-10(13)6-8(2)11(7)14-9(3)12(15)16-4/h5-6,9,14H,1-4H3. The van der Waals surface area contributed by atoms with Crippen LogP contribution in [0, 0.1) is 13.8 Å². The van der Waals surface area contributed by atoms with Gasteiger partial charge in [-0.2, -0.15) is 0 Å². The number of ether oxygens (including phenoxy) is 1. The Labute approximate surface area is 104 Å². The van der Waals surface area contributed by atoms with Crippen LogP contribution in [-0.2, 0) is 9.53 Å². The number of benzene rings is 1. The first-order chi connectivity index (χ1) is 7.45. The molecule has 0 fully saturated rings. The van der Waals surface area contributed by atoms with Gasteiger partial charge in [0, 0.05) is 10.2 Å². The van der Waals surface area contributed by atoms with Gasteiger partial charge < -0.3 is 10.1 Å². The molecular formula is C12H16BrNO2. The maximum absolute atomic E-state index is 11.3. The van der Waals surface area contributed by atoms with Crippen molar-refractivity contribution in [2.45, 2.75) is 26.8 Å². The molecule has 4 heteroatoms. The highest BCUT2D eigenvalue weighted by Crippen LogP contribution is 2.25. The lowest BCUT2D eigenvalue weighted by molar-refractivity contribution is -0.141. The molecule has 88 valence electrons. The van der Waals surface area contributed by atoms with Gasteiger partial charge in [-0.3, -0.25) is 0 Å². The largest absolute Gasteiger partial charge is 0.467 e. The summed E-state index contributed by atoms with van der Waals surface area (Å²) in [5.74, 6) is -0.262. The Morgan fingerprint density at radius 3 is 2.31 bits per heavy atom. The van der Waals surface area contributed by atoms with Crippen LogP contribution in [0.25, 0.3) is 0 Å². The first-order valence-corrected chi connectivity index (χ1v) is 5.86. The Hall–Kier alpha value is -1.03. The first kappa shape index (κ1) is 13.0. The molecule has 1 aromatic carbocycles. The second-order valence-electron chi connectivity index (χ2n) is 3.80. The van der Waals surface area contributed by atoms with Crippen molar-refractivity contribution in [3.63, 3.8) is 0 Å². The molecular weight excluding hydrogens is 270 g/mol. The molecule has 0 spiro atoms. The molecule has 0 aliphatic rings. The molecule has 0 aliphatic heterocycles. The summed E-state index contributed by atoms with van der Waals surface area (Å²) in [5.41, 5.74) is 3.19. The number of carbonyl (C=O) groups is 1. The predicted molar refractivity (Wildman–Crippen MR) is 68.7 cm³/mol. The number of hydrogen-bond acceptors (Lipinski definition) is 3. The molecule has 0 bridgehead atoms. The number of aryl methyl sites for hydroxylation is 2. The van der Waals surface area contributed by atoms with Crippen LogP contribution in [0.15, 0.2) is 16.6 Å². The van der Waals surface area contributed by atoms with Crippen LogP contribution >= 0.6 is 15.9 Å². The molecule has 0 radical (unpaired) electrons. The summed E-state index contributed by atoms with van der Waals surface area (Å²) in [4.78, 5) is 11.3. The molecule has 1 aromatic rings. The van der Waals surface area contributed by atoms with Gasteiger partial charge in [0.1, 0.15) is 6.04 Å². The minimum absolute atomic E-state index is 0.262. The number of anilines is 1. The fraction of sp³-hybridized carbons (Fsp3) is 0.417. The highest BCUT2D eigenvalue weighted by Gasteiger charge is 2.14. The van der Waals surface area contributed by atoms with Crippen molar-refractivity contribution in [2.75, 3.05) is 12.4 Å². The van der Waals surface area contributed by atoms with E-state index < -0.39 is 0 Å². The Kier molecular flexibility index (Phi) is 4.35. The van der Waals surface area contributed by atoms with E-state index in [1.807, 2.05) is 26.0 Å². The first-order valence-electron chi connectivity index (χ1n) is 5.06. The third kappa shape index (κ3) is 2.98. The molecule has 0 aromatic heterocycles. The van der Waals surface area contributed by atoms with Gasteiger partial charge >= 0.3 is 5.97 Å². The maximum atomic E-state index is 11.3. The van der Waals surface area contributed by atoms with Gasteiger partial charge in [0.15, 0.2) is 0 Å². The summed E-state index contributed by atoms with van der Waals surface area (Å²) in [7, 11) is 1.39. The van der Waals surface area contributed by atoms with Crippen molar-refractivity contribution in [3.05, 3.63) is 27.7 Å². The molecule has 1 rings (SSSR count). The average molecular weight is 286 g/mol. The van der Waals surface area contributed by atoms with Crippen molar-refractivity contribution in [1.82, 2.24) is 0 Å². The number of carbonyl (C=O) groups excluding carboxylic acids is 1. The van der Waals surface area contributed by atoms with Gasteiger partial charge in [0.2, 0.25) is 0 Å². The predicted octanol–water partition coefficient (Wildman–Crippen LogP) is 3.04. The summed E-state index contributed by atoms with van der Waals surface area (Å²) in [6.07, 6.45) is 0. The normalized spacial score (nSPS) is 12.1. The van der Waals surface area contributed by atoms with E-state index in [-0.39, 0.29) is 12.0 Å². The van der Waals surface area contributed by atoms with Crippen molar-refractivity contribution in [2.24, 2.45) is 0 Å². The summed E-state index contributed by atoms with van der Waals surface area (Å²) >= 11 is 3.44. The summed E-state index contributed by atoms with van der Waals surface area (Å²) in [6, 6.07) is 3.68. The highest BCUT2D eigenvalue weighted by atomic mass is 79.9. The monoisotopic (exact) mass is 285 g/mol. The average Bonchev–Trinajstić information content (AvgIpc) is 2.21. The third-order valence-electron chi connectivity index (χ3n) is 2.41. The molecule has 0 amide bonds. The Morgan fingerprint density at radius 1 is 1.38 bits per heavy atom. The second-order valence-corrected chi connectivity index (χ2v) is 4.72. The van der Waals surface area contributed by atoms with Crippen LogP contribution in [0.1, 0.15) is 18.1 Å². The molecule has 16 heavy (non-hydrogen) atoms. The lowest BCUT2D eigenvalue weighted by Crippen LogP contribution is -2.27. The van der Waals surface area contributed by atoms with Crippen molar-refractivity contribution in [3.8, 4) is 0 Å². The van der Waals surface area contributed by atoms with Gasteiger partial charge in [0.25, 0.3) is 0 Å². The van der Waals surface area contributed by atoms with E-state index >= 15 is 0 Å². The van der Waals surface area contributed by atoms with E-state index in [0.717, 1.165) is 21.3 Å². The third-order valence-corrected chi connectivity index (χ3v) is 2.87. The highest BCUT2D eigenvalue weighted by molar-refractivity contribution is 9.10. The van der Waals surface area contributed by atoms with Crippen molar-refractivity contribution < 1.29 is 9.53 Å². The lowest BCUT2D eigenvalue weighted by Gasteiger charge is -2.17. The van der Waals surface area contributed by atoms with E-state index in [2.05, 4.69) is 26.0 Å². The SMILES string of the molecule is COC(=O)C(C)Nc1c(C)cc(Br)cc1C. The number of esters is 1. The van der Waals surface area contributed by atoms with Crippen LogP contribution in [0.3, 0.4) is 0 Å².